The first-order valence-corrected chi connectivity index (χ1v) is 3.95. The van der Waals surface area contributed by atoms with Crippen LogP contribution in [0.5, 0.6) is 5.88 Å². The van der Waals surface area contributed by atoms with E-state index in [2.05, 4.69) is 27.6 Å². The van der Waals surface area contributed by atoms with E-state index in [1.54, 1.807) is 13.2 Å². The van der Waals surface area contributed by atoms with Gasteiger partial charge in [-0.25, -0.2) is 4.98 Å². The number of aromatic nitrogens is 1. The highest BCUT2D eigenvalue weighted by molar-refractivity contribution is 14.1. The van der Waals surface area contributed by atoms with Crippen molar-refractivity contribution >= 4 is 28.3 Å². The van der Waals surface area contributed by atoms with Gasteiger partial charge in [-0.05, 0) is 28.7 Å². The summed E-state index contributed by atoms with van der Waals surface area (Å²) in [6.45, 7) is 0. The lowest BCUT2D eigenvalue weighted by molar-refractivity contribution is 0.384. The minimum absolute atomic E-state index is 0.551. The number of halogens is 1. The fraction of sp³-hybridized carbons (Fsp3) is 0.167. The van der Waals surface area contributed by atoms with E-state index in [0.717, 1.165) is 3.57 Å². The van der Waals surface area contributed by atoms with Crippen LogP contribution in [0, 0.1) is 3.57 Å². The van der Waals surface area contributed by atoms with Gasteiger partial charge in [0.2, 0.25) is 5.88 Å². The van der Waals surface area contributed by atoms with Gasteiger partial charge in [0.1, 0.15) is 0 Å². The molecule has 2 N–H and O–H groups in total. The van der Waals surface area contributed by atoms with Crippen molar-refractivity contribution in [1.29, 1.82) is 0 Å². The van der Waals surface area contributed by atoms with Crippen LogP contribution in [0.1, 0.15) is 0 Å². The van der Waals surface area contributed by atoms with Crippen molar-refractivity contribution in [2.75, 3.05) is 12.6 Å². The van der Waals surface area contributed by atoms with Gasteiger partial charge in [-0.15, -0.1) is 0 Å². The monoisotopic (exact) mass is 266 g/mol. The van der Waals surface area contributed by atoms with Gasteiger partial charge in [0, 0.05) is 0 Å². The zero-order chi connectivity index (χ0) is 8.27. The second-order valence-electron chi connectivity index (χ2n) is 1.83. The lowest BCUT2D eigenvalue weighted by Gasteiger charge is -2.02. The van der Waals surface area contributed by atoms with E-state index in [1.165, 1.54) is 6.20 Å². The molecule has 0 radical (unpaired) electrons. The van der Waals surface area contributed by atoms with Crippen molar-refractivity contribution in [1.82, 2.24) is 4.98 Å². The SMILES string of the molecule is COc1ncc(NO)cc1I. The van der Waals surface area contributed by atoms with Crippen molar-refractivity contribution in [2.24, 2.45) is 0 Å². The van der Waals surface area contributed by atoms with Crippen LogP contribution in [0.2, 0.25) is 0 Å². The first-order valence-electron chi connectivity index (χ1n) is 2.87. The summed E-state index contributed by atoms with van der Waals surface area (Å²) in [5.41, 5.74) is 2.55. The molecule has 1 heterocycles. The van der Waals surface area contributed by atoms with Crippen LogP contribution >= 0.6 is 22.6 Å². The highest BCUT2D eigenvalue weighted by Gasteiger charge is 2.00. The number of ether oxygens (including phenoxy) is 1. The van der Waals surface area contributed by atoms with E-state index in [0.29, 0.717) is 11.6 Å². The topological polar surface area (TPSA) is 54.4 Å². The molecule has 0 bridgehead atoms. The van der Waals surface area contributed by atoms with Crippen LogP contribution in [-0.2, 0) is 0 Å². The molecule has 60 valence electrons. The number of pyridine rings is 1. The lowest BCUT2D eigenvalue weighted by Crippen LogP contribution is -1.94. The molecular formula is C6H7IN2O2. The van der Waals surface area contributed by atoms with Crippen molar-refractivity contribution in [3.8, 4) is 5.88 Å². The maximum absolute atomic E-state index is 8.49. The quantitative estimate of drug-likeness (QED) is 0.629. The molecule has 0 saturated carbocycles. The predicted octanol–water partition coefficient (Wildman–Crippen LogP) is 1.50. The van der Waals surface area contributed by atoms with Crippen LogP contribution in [0.15, 0.2) is 12.3 Å². The van der Waals surface area contributed by atoms with E-state index >= 15 is 0 Å². The van der Waals surface area contributed by atoms with Gasteiger partial charge < -0.3 is 4.74 Å². The third-order valence-corrected chi connectivity index (χ3v) is 1.90. The van der Waals surface area contributed by atoms with Crippen molar-refractivity contribution in [3.05, 3.63) is 15.8 Å². The third kappa shape index (κ3) is 1.93. The van der Waals surface area contributed by atoms with Gasteiger partial charge >= 0.3 is 0 Å². The van der Waals surface area contributed by atoms with E-state index < -0.39 is 0 Å². The molecule has 0 aliphatic rings. The molecular weight excluding hydrogens is 259 g/mol. The molecule has 11 heavy (non-hydrogen) atoms. The average Bonchev–Trinajstić information content (AvgIpc) is 2.04. The third-order valence-electron chi connectivity index (χ3n) is 1.13. The summed E-state index contributed by atoms with van der Waals surface area (Å²) in [4.78, 5) is 3.92. The number of nitrogens with zero attached hydrogens (tertiary/aromatic N) is 1. The smallest absolute Gasteiger partial charge is 0.226 e. The average molecular weight is 266 g/mol. The molecule has 0 amide bonds. The van der Waals surface area contributed by atoms with E-state index in [4.69, 9.17) is 9.94 Å². The van der Waals surface area contributed by atoms with Gasteiger partial charge in [0.05, 0.1) is 22.6 Å². The molecule has 0 spiro atoms. The van der Waals surface area contributed by atoms with Crippen molar-refractivity contribution in [3.63, 3.8) is 0 Å². The van der Waals surface area contributed by atoms with Crippen LogP contribution < -0.4 is 10.2 Å². The maximum atomic E-state index is 8.49. The second kappa shape index (κ2) is 3.72. The van der Waals surface area contributed by atoms with Gasteiger partial charge in [-0.2, -0.15) is 0 Å². The van der Waals surface area contributed by atoms with Gasteiger partial charge in [-0.1, -0.05) is 0 Å². The molecule has 0 atom stereocenters. The Hall–Kier alpha value is -0.560. The summed E-state index contributed by atoms with van der Waals surface area (Å²) in [6.07, 6.45) is 1.49. The fourth-order valence-corrected chi connectivity index (χ4v) is 1.33. The molecule has 1 aromatic rings. The van der Waals surface area contributed by atoms with Crippen LogP contribution in [-0.4, -0.2) is 17.3 Å². The Balaban J connectivity index is 2.99. The van der Waals surface area contributed by atoms with E-state index in [9.17, 15) is 0 Å². The Labute approximate surface area is 77.7 Å². The summed E-state index contributed by atoms with van der Waals surface area (Å²) in [7, 11) is 1.55. The molecule has 0 fully saturated rings. The summed E-state index contributed by atoms with van der Waals surface area (Å²) in [6, 6.07) is 1.73. The van der Waals surface area contributed by atoms with Gasteiger partial charge in [0.15, 0.2) is 0 Å². The van der Waals surface area contributed by atoms with Crippen LogP contribution in [0.3, 0.4) is 0 Å². The fourth-order valence-electron chi connectivity index (χ4n) is 0.637. The summed E-state index contributed by atoms with van der Waals surface area (Å²) in [5, 5.41) is 8.49. The first-order chi connectivity index (χ1) is 5.27. The van der Waals surface area contributed by atoms with Crippen LogP contribution in [0.25, 0.3) is 0 Å². The zero-order valence-corrected chi connectivity index (χ0v) is 7.99. The van der Waals surface area contributed by atoms with Gasteiger partial charge in [0.25, 0.3) is 0 Å². The molecule has 1 aromatic heterocycles. The largest absolute Gasteiger partial charge is 0.480 e. The molecule has 0 aromatic carbocycles. The minimum atomic E-state index is 0.551. The normalized spacial score (nSPS) is 9.36. The molecule has 0 unspecified atom stereocenters. The van der Waals surface area contributed by atoms with E-state index in [1.807, 2.05) is 5.48 Å². The highest BCUT2D eigenvalue weighted by atomic mass is 127. The highest BCUT2D eigenvalue weighted by Crippen LogP contribution is 2.20. The molecule has 0 aliphatic heterocycles. The van der Waals surface area contributed by atoms with Crippen molar-refractivity contribution in [2.45, 2.75) is 0 Å². The van der Waals surface area contributed by atoms with Crippen molar-refractivity contribution < 1.29 is 9.94 Å². The lowest BCUT2D eigenvalue weighted by atomic mass is 10.4. The summed E-state index contributed by atoms with van der Waals surface area (Å²) >= 11 is 2.07. The molecule has 4 nitrogen and oxygen atoms in total. The van der Waals surface area contributed by atoms with Gasteiger partial charge in [-0.3, -0.25) is 10.7 Å². The minimum Gasteiger partial charge on any atom is -0.480 e. The molecule has 1 rings (SSSR count). The number of rotatable bonds is 2. The number of methoxy groups -OCH3 is 1. The molecule has 0 saturated heterocycles. The summed E-state index contributed by atoms with van der Waals surface area (Å²) < 4.78 is 5.77. The first kappa shape index (κ1) is 8.54. The zero-order valence-electron chi connectivity index (χ0n) is 5.84. The number of hydrogen-bond acceptors (Lipinski definition) is 4. The Kier molecular flexibility index (Phi) is 2.89. The summed E-state index contributed by atoms with van der Waals surface area (Å²) in [5.74, 6) is 0.560. The number of hydrogen-bond donors (Lipinski definition) is 2. The Bertz CT molecular complexity index is 254. The Morgan fingerprint density at radius 2 is 2.45 bits per heavy atom. The second-order valence-corrected chi connectivity index (χ2v) is 2.99. The standard InChI is InChI=1S/C6H7IN2O2/c1-11-6-5(7)2-4(9-10)3-8-6/h2-3,9-10H,1H3. The number of nitrogens with one attached hydrogen (secondary N) is 1. The Morgan fingerprint density at radius 3 is 2.91 bits per heavy atom. The number of anilines is 1. The predicted molar refractivity (Wildman–Crippen MR) is 48.9 cm³/mol. The van der Waals surface area contributed by atoms with Crippen LogP contribution in [0.4, 0.5) is 5.69 Å². The molecule has 0 aliphatic carbocycles. The molecule has 5 heteroatoms. The maximum Gasteiger partial charge on any atom is 0.226 e. The van der Waals surface area contributed by atoms with E-state index in [-0.39, 0.29) is 0 Å². The Morgan fingerprint density at radius 1 is 1.73 bits per heavy atom.